The summed E-state index contributed by atoms with van der Waals surface area (Å²) in [7, 11) is 0. The molecule has 1 heterocycles. The molecule has 1 atom stereocenters. The van der Waals surface area contributed by atoms with Crippen LogP contribution < -0.4 is 5.73 Å². The van der Waals surface area contributed by atoms with Crippen LogP contribution in [0.5, 0.6) is 0 Å². The Hall–Kier alpha value is -1.13. The molecule has 13 heavy (non-hydrogen) atoms. The molecular formula is C9H11NO2S. The van der Waals surface area contributed by atoms with Gasteiger partial charge in [-0.25, -0.2) is 4.79 Å². The number of carbonyl (C=O) groups is 1. The molecule has 3 nitrogen and oxygen atoms in total. The quantitative estimate of drug-likeness (QED) is 0.728. The fourth-order valence-electron chi connectivity index (χ4n) is 1.10. The number of aromatic carboxylic acids is 1. The molecule has 0 radical (unpaired) electrons. The van der Waals surface area contributed by atoms with Crippen molar-refractivity contribution in [3.8, 4) is 0 Å². The summed E-state index contributed by atoms with van der Waals surface area (Å²) in [5, 5.41) is 10.5. The number of hydrogen-bond donors (Lipinski definition) is 2. The first-order chi connectivity index (χ1) is 6.07. The average Bonchev–Trinajstić information content (AvgIpc) is 2.46. The Morgan fingerprint density at radius 2 is 2.46 bits per heavy atom. The van der Waals surface area contributed by atoms with Gasteiger partial charge in [0, 0.05) is 6.04 Å². The Morgan fingerprint density at radius 1 is 1.85 bits per heavy atom. The summed E-state index contributed by atoms with van der Waals surface area (Å²) in [6, 6.07) is -0.274. The van der Waals surface area contributed by atoms with E-state index in [-0.39, 0.29) is 6.04 Å². The smallest absolute Gasteiger partial charge is 0.346 e. The average molecular weight is 197 g/mol. The van der Waals surface area contributed by atoms with Crippen molar-refractivity contribution in [1.29, 1.82) is 0 Å². The van der Waals surface area contributed by atoms with Crippen molar-refractivity contribution in [3.63, 3.8) is 0 Å². The first kappa shape index (κ1) is 9.95. The number of thiophene rings is 1. The number of hydrogen-bond acceptors (Lipinski definition) is 3. The largest absolute Gasteiger partial charge is 0.477 e. The highest BCUT2D eigenvalue weighted by Crippen LogP contribution is 2.26. The van der Waals surface area contributed by atoms with Crippen molar-refractivity contribution in [2.75, 3.05) is 0 Å². The maximum atomic E-state index is 10.7. The maximum Gasteiger partial charge on any atom is 0.346 e. The molecule has 0 spiro atoms. The molecule has 0 aliphatic rings. The molecule has 0 aliphatic heterocycles. The Kier molecular flexibility index (Phi) is 2.85. The highest BCUT2D eigenvalue weighted by molar-refractivity contribution is 7.12. The molecule has 1 rings (SSSR count). The van der Waals surface area contributed by atoms with E-state index >= 15 is 0 Å². The van der Waals surface area contributed by atoms with Crippen LogP contribution in [-0.4, -0.2) is 11.1 Å². The lowest BCUT2D eigenvalue weighted by Crippen LogP contribution is -2.07. The summed E-state index contributed by atoms with van der Waals surface area (Å²) in [6.07, 6.45) is 1.60. The van der Waals surface area contributed by atoms with Crippen LogP contribution in [-0.2, 0) is 0 Å². The Morgan fingerprint density at radius 3 is 2.85 bits per heavy atom. The van der Waals surface area contributed by atoms with Crippen molar-refractivity contribution < 1.29 is 9.90 Å². The van der Waals surface area contributed by atoms with Gasteiger partial charge in [0.05, 0.1) is 0 Å². The molecule has 3 N–H and O–H groups in total. The highest BCUT2D eigenvalue weighted by atomic mass is 32.1. The van der Waals surface area contributed by atoms with Gasteiger partial charge in [0.25, 0.3) is 0 Å². The van der Waals surface area contributed by atoms with Crippen molar-refractivity contribution in [3.05, 3.63) is 34.0 Å². The molecule has 0 amide bonds. The summed E-state index contributed by atoms with van der Waals surface area (Å²) in [5.41, 5.74) is 7.29. The molecule has 1 aromatic rings. The second-order valence-corrected chi connectivity index (χ2v) is 3.59. The predicted octanol–water partition coefficient (Wildman–Crippen LogP) is 1.94. The Balaban J connectivity index is 3.13. The van der Waals surface area contributed by atoms with Gasteiger partial charge in [-0.3, -0.25) is 0 Å². The van der Waals surface area contributed by atoms with Gasteiger partial charge in [0.15, 0.2) is 0 Å². The van der Waals surface area contributed by atoms with Gasteiger partial charge < -0.3 is 10.8 Å². The van der Waals surface area contributed by atoms with Crippen molar-refractivity contribution >= 4 is 17.3 Å². The van der Waals surface area contributed by atoms with Gasteiger partial charge in [0.1, 0.15) is 4.88 Å². The van der Waals surface area contributed by atoms with Gasteiger partial charge in [0.2, 0.25) is 0 Å². The number of carboxylic acid groups (broad SMARTS) is 1. The van der Waals surface area contributed by atoms with Gasteiger partial charge >= 0.3 is 5.97 Å². The van der Waals surface area contributed by atoms with Crippen molar-refractivity contribution in [2.24, 2.45) is 5.73 Å². The molecule has 0 aliphatic carbocycles. The minimum absolute atomic E-state index is 0.274. The lowest BCUT2D eigenvalue weighted by atomic mass is 10.1. The van der Waals surface area contributed by atoms with Crippen LogP contribution in [0, 0.1) is 6.92 Å². The molecule has 0 fully saturated rings. The fourth-order valence-corrected chi connectivity index (χ4v) is 2.07. The zero-order chi connectivity index (χ0) is 10.0. The van der Waals surface area contributed by atoms with Crippen LogP contribution in [0.25, 0.3) is 0 Å². The first-order valence-electron chi connectivity index (χ1n) is 3.77. The van der Waals surface area contributed by atoms with Crippen LogP contribution in [0.4, 0.5) is 0 Å². The second kappa shape index (κ2) is 3.72. The van der Waals surface area contributed by atoms with E-state index in [2.05, 4.69) is 6.58 Å². The Labute approximate surface area is 80.5 Å². The van der Waals surface area contributed by atoms with E-state index in [0.717, 1.165) is 11.1 Å². The van der Waals surface area contributed by atoms with Crippen LogP contribution in [0.1, 0.15) is 26.8 Å². The standard InChI is InChI=1S/C9H11NO2S/c1-3-7(10)6-4-13-8(5(6)2)9(11)12/h3-4,7H,1,10H2,2H3,(H,11,12). The lowest BCUT2D eigenvalue weighted by molar-refractivity contribution is 0.0701. The normalized spacial score (nSPS) is 12.5. The van der Waals surface area contributed by atoms with E-state index in [0.29, 0.717) is 4.88 Å². The topological polar surface area (TPSA) is 63.3 Å². The minimum Gasteiger partial charge on any atom is -0.477 e. The van der Waals surface area contributed by atoms with E-state index in [1.54, 1.807) is 18.4 Å². The molecule has 4 heteroatoms. The highest BCUT2D eigenvalue weighted by Gasteiger charge is 2.15. The predicted molar refractivity (Wildman–Crippen MR) is 53.1 cm³/mol. The summed E-state index contributed by atoms with van der Waals surface area (Å²) >= 11 is 1.20. The van der Waals surface area contributed by atoms with Gasteiger partial charge in [-0.1, -0.05) is 6.08 Å². The molecule has 1 unspecified atom stereocenters. The number of carboxylic acids is 1. The van der Waals surface area contributed by atoms with Gasteiger partial charge in [-0.15, -0.1) is 17.9 Å². The third kappa shape index (κ3) is 1.79. The summed E-state index contributed by atoms with van der Waals surface area (Å²) in [5.74, 6) is -0.898. The zero-order valence-electron chi connectivity index (χ0n) is 7.28. The monoisotopic (exact) mass is 197 g/mol. The maximum absolute atomic E-state index is 10.7. The molecule has 1 aromatic heterocycles. The van der Waals surface area contributed by atoms with E-state index in [4.69, 9.17) is 10.8 Å². The van der Waals surface area contributed by atoms with Gasteiger partial charge in [-0.05, 0) is 23.4 Å². The van der Waals surface area contributed by atoms with Crippen LogP contribution in [0.3, 0.4) is 0 Å². The minimum atomic E-state index is -0.898. The molecule has 0 saturated heterocycles. The molecule has 0 bridgehead atoms. The number of rotatable bonds is 3. The van der Waals surface area contributed by atoms with E-state index in [9.17, 15) is 4.79 Å². The van der Waals surface area contributed by atoms with Crippen LogP contribution >= 0.6 is 11.3 Å². The van der Waals surface area contributed by atoms with Crippen molar-refractivity contribution in [1.82, 2.24) is 0 Å². The van der Waals surface area contributed by atoms with Gasteiger partial charge in [-0.2, -0.15) is 0 Å². The summed E-state index contributed by atoms with van der Waals surface area (Å²) in [6.45, 7) is 5.33. The molecule has 0 saturated carbocycles. The van der Waals surface area contributed by atoms with Crippen LogP contribution in [0.15, 0.2) is 18.0 Å². The van der Waals surface area contributed by atoms with E-state index in [1.807, 2.05) is 0 Å². The molecular weight excluding hydrogens is 186 g/mol. The zero-order valence-corrected chi connectivity index (χ0v) is 8.10. The van der Waals surface area contributed by atoms with E-state index < -0.39 is 5.97 Å². The first-order valence-corrected chi connectivity index (χ1v) is 4.65. The lowest BCUT2D eigenvalue weighted by Gasteiger charge is -2.04. The van der Waals surface area contributed by atoms with E-state index in [1.165, 1.54) is 11.3 Å². The molecule has 0 aromatic carbocycles. The van der Waals surface area contributed by atoms with Crippen LogP contribution in [0.2, 0.25) is 0 Å². The third-order valence-corrected chi connectivity index (χ3v) is 2.97. The second-order valence-electron chi connectivity index (χ2n) is 2.71. The Bertz CT molecular complexity index is 343. The molecule has 70 valence electrons. The fraction of sp³-hybridized carbons (Fsp3) is 0.222. The van der Waals surface area contributed by atoms with Crippen molar-refractivity contribution in [2.45, 2.75) is 13.0 Å². The third-order valence-electron chi connectivity index (χ3n) is 1.88. The summed E-state index contributed by atoms with van der Waals surface area (Å²) < 4.78 is 0. The SMILES string of the molecule is C=CC(N)c1csc(C(=O)O)c1C. The summed E-state index contributed by atoms with van der Waals surface area (Å²) in [4.78, 5) is 11.0. The number of nitrogens with two attached hydrogens (primary N) is 1.